The predicted octanol–water partition coefficient (Wildman–Crippen LogP) is 6.59. The molecule has 2 heteroatoms. The van der Waals surface area contributed by atoms with Crippen LogP contribution in [-0.2, 0) is 0 Å². The van der Waals surface area contributed by atoms with Gasteiger partial charge in [0.25, 0.3) is 0 Å². The molecule has 2 nitrogen and oxygen atoms in total. The van der Waals surface area contributed by atoms with Crippen LogP contribution in [0.3, 0.4) is 0 Å². The van der Waals surface area contributed by atoms with Crippen molar-refractivity contribution in [2.45, 2.75) is 6.92 Å². The van der Waals surface area contributed by atoms with Crippen molar-refractivity contribution in [3.8, 4) is 0 Å². The first kappa shape index (κ1) is 17.7. The van der Waals surface area contributed by atoms with Gasteiger partial charge in [-0.1, -0.05) is 96.6 Å². The number of anilines is 2. The highest BCUT2D eigenvalue weighted by molar-refractivity contribution is 6.13. The summed E-state index contributed by atoms with van der Waals surface area (Å²) in [6.45, 7) is 2.10. The molecule has 4 aromatic carbocycles. The van der Waals surface area contributed by atoms with Gasteiger partial charge in [-0.15, -0.1) is 0 Å². The molecule has 0 atom stereocenters. The molecule has 0 spiro atoms. The van der Waals surface area contributed by atoms with E-state index in [-0.39, 0.29) is 0 Å². The van der Waals surface area contributed by atoms with Crippen LogP contribution in [0.15, 0.2) is 120 Å². The van der Waals surface area contributed by atoms with Gasteiger partial charge in [-0.25, -0.2) is 5.01 Å². The summed E-state index contributed by atoms with van der Waals surface area (Å²) in [5, 5.41) is 7.15. The van der Waals surface area contributed by atoms with Crippen LogP contribution in [0.1, 0.15) is 16.7 Å². The average molecular weight is 362 g/mol. The molecule has 0 unspecified atom stereocenters. The fraction of sp³-hybridized carbons (Fsp3) is 0.0385. The van der Waals surface area contributed by atoms with E-state index in [1.165, 1.54) is 5.56 Å². The molecule has 0 aromatic heterocycles. The number of nitrogens with zero attached hydrogens (tertiary/aromatic N) is 2. The third kappa shape index (κ3) is 4.02. The van der Waals surface area contributed by atoms with Crippen LogP contribution in [0.5, 0.6) is 0 Å². The van der Waals surface area contributed by atoms with Gasteiger partial charge in [-0.3, -0.25) is 0 Å². The number of hydrogen-bond acceptors (Lipinski definition) is 2. The van der Waals surface area contributed by atoms with Crippen LogP contribution in [-0.4, -0.2) is 5.71 Å². The summed E-state index contributed by atoms with van der Waals surface area (Å²) in [5.41, 5.74) is 6.39. The monoisotopic (exact) mass is 362 g/mol. The zero-order valence-corrected chi connectivity index (χ0v) is 15.9. The standard InChI is InChI=1S/C26H22N2/c1-21-17-19-25(20-18-21)28(24-15-9-4-10-16-24)27-26(22-11-5-2-6-12-22)23-13-7-3-8-14-23/h2-20H,1H3. The first-order chi connectivity index (χ1) is 13.8. The SMILES string of the molecule is Cc1ccc(N(N=C(c2ccccc2)c2ccccc2)c2ccccc2)cc1. The minimum absolute atomic E-state index is 0.936. The Balaban J connectivity index is 1.90. The number of hydrazone groups is 1. The zero-order chi connectivity index (χ0) is 19.2. The normalized spacial score (nSPS) is 10.3. The molecule has 0 radical (unpaired) electrons. The van der Waals surface area contributed by atoms with E-state index in [4.69, 9.17) is 5.10 Å². The molecule has 0 fully saturated rings. The lowest BCUT2D eigenvalue weighted by molar-refractivity contribution is 1.08. The van der Waals surface area contributed by atoms with Crippen LogP contribution in [0.4, 0.5) is 11.4 Å². The molecule has 0 aliphatic rings. The zero-order valence-electron chi connectivity index (χ0n) is 15.9. The van der Waals surface area contributed by atoms with Crippen molar-refractivity contribution in [2.24, 2.45) is 5.10 Å². The Bertz CT molecular complexity index is 996. The lowest BCUT2D eigenvalue weighted by atomic mass is 10.0. The molecule has 0 N–H and O–H groups in total. The summed E-state index contributed by atoms with van der Waals surface area (Å²) in [4.78, 5) is 0. The molecule has 0 amide bonds. The minimum Gasteiger partial charge on any atom is -0.233 e. The van der Waals surface area contributed by atoms with Crippen molar-refractivity contribution >= 4 is 17.1 Å². The Morgan fingerprint density at radius 3 is 1.46 bits per heavy atom. The summed E-state index contributed by atoms with van der Waals surface area (Å²) in [5.74, 6) is 0. The highest BCUT2D eigenvalue weighted by Gasteiger charge is 2.13. The molecule has 0 saturated carbocycles. The van der Waals surface area contributed by atoms with Gasteiger partial charge >= 0.3 is 0 Å². The Hall–Kier alpha value is -3.65. The number of para-hydroxylation sites is 1. The summed E-state index contributed by atoms with van der Waals surface area (Å²) < 4.78 is 0. The van der Waals surface area contributed by atoms with E-state index < -0.39 is 0 Å². The van der Waals surface area contributed by atoms with E-state index in [1.54, 1.807) is 0 Å². The quantitative estimate of drug-likeness (QED) is 0.289. The van der Waals surface area contributed by atoms with Gasteiger partial charge < -0.3 is 0 Å². The lowest BCUT2D eigenvalue weighted by Crippen LogP contribution is -2.15. The van der Waals surface area contributed by atoms with Crippen molar-refractivity contribution in [3.63, 3.8) is 0 Å². The van der Waals surface area contributed by atoms with Gasteiger partial charge in [-0.2, -0.15) is 5.10 Å². The highest BCUT2D eigenvalue weighted by atomic mass is 15.5. The van der Waals surface area contributed by atoms with Gasteiger partial charge in [0.1, 0.15) is 0 Å². The van der Waals surface area contributed by atoms with Crippen LogP contribution < -0.4 is 5.01 Å². The molecular weight excluding hydrogens is 340 g/mol. The molecule has 0 aliphatic carbocycles. The van der Waals surface area contributed by atoms with E-state index in [0.29, 0.717) is 0 Å². The van der Waals surface area contributed by atoms with Gasteiger partial charge in [-0.05, 0) is 31.2 Å². The van der Waals surface area contributed by atoms with E-state index in [9.17, 15) is 0 Å². The number of rotatable bonds is 5. The van der Waals surface area contributed by atoms with Crippen LogP contribution >= 0.6 is 0 Å². The second kappa shape index (κ2) is 8.36. The van der Waals surface area contributed by atoms with Gasteiger partial charge in [0, 0.05) is 11.1 Å². The first-order valence-corrected chi connectivity index (χ1v) is 9.42. The Morgan fingerprint density at radius 1 is 0.536 bits per heavy atom. The fourth-order valence-corrected chi connectivity index (χ4v) is 3.09. The summed E-state index contributed by atoms with van der Waals surface area (Å²) in [7, 11) is 0. The topological polar surface area (TPSA) is 15.6 Å². The Labute approximate surface area is 166 Å². The molecule has 0 saturated heterocycles. The van der Waals surface area contributed by atoms with Crippen molar-refractivity contribution < 1.29 is 0 Å². The van der Waals surface area contributed by atoms with E-state index >= 15 is 0 Å². The van der Waals surface area contributed by atoms with E-state index in [2.05, 4.69) is 67.6 Å². The van der Waals surface area contributed by atoms with Crippen molar-refractivity contribution in [1.82, 2.24) is 0 Å². The van der Waals surface area contributed by atoms with Crippen LogP contribution in [0.25, 0.3) is 0 Å². The van der Waals surface area contributed by atoms with Crippen molar-refractivity contribution in [3.05, 3.63) is 132 Å². The first-order valence-electron chi connectivity index (χ1n) is 9.42. The van der Waals surface area contributed by atoms with Crippen molar-refractivity contribution in [2.75, 3.05) is 5.01 Å². The van der Waals surface area contributed by atoms with Crippen LogP contribution in [0.2, 0.25) is 0 Å². The maximum Gasteiger partial charge on any atom is 0.0984 e. The van der Waals surface area contributed by atoms with Gasteiger partial charge in [0.2, 0.25) is 0 Å². The second-order valence-electron chi connectivity index (χ2n) is 6.66. The average Bonchev–Trinajstić information content (AvgIpc) is 2.77. The number of aryl methyl sites for hydroxylation is 1. The summed E-state index contributed by atoms with van der Waals surface area (Å²) in [6, 6.07) is 39.4. The number of benzene rings is 4. The molecule has 0 aliphatic heterocycles. The molecule has 0 bridgehead atoms. The highest BCUT2D eigenvalue weighted by Crippen LogP contribution is 2.27. The number of hydrogen-bond donors (Lipinski definition) is 0. The molecule has 0 heterocycles. The van der Waals surface area contributed by atoms with Crippen LogP contribution in [0, 0.1) is 6.92 Å². The molecule has 28 heavy (non-hydrogen) atoms. The minimum atomic E-state index is 0.936. The molecule has 4 aromatic rings. The molecule has 136 valence electrons. The van der Waals surface area contributed by atoms with E-state index in [0.717, 1.165) is 28.2 Å². The third-order valence-corrected chi connectivity index (χ3v) is 4.57. The Morgan fingerprint density at radius 2 is 0.964 bits per heavy atom. The maximum atomic E-state index is 5.14. The molecular formula is C26H22N2. The van der Waals surface area contributed by atoms with E-state index in [1.807, 2.05) is 59.6 Å². The summed E-state index contributed by atoms with van der Waals surface area (Å²) in [6.07, 6.45) is 0. The lowest BCUT2D eigenvalue weighted by Gasteiger charge is -2.22. The van der Waals surface area contributed by atoms with Gasteiger partial charge in [0.05, 0.1) is 17.1 Å². The molecule has 4 rings (SSSR count). The van der Waals surface area contributed by atoms with Crippen molar-refractivity contribution in [1.29, 1.82) is 0 Å². The third-order valence-electron chi connectivity index (χ3n) is 4.57. The fourth-order valence-electron chi connectivity index (χ4n) is 3.09. The largest absolute Gasteiger partial charge is 0.233 e. The second-order valence-corrected chi connectivity index (χ2v) is 6.66. The summed E-state index contributed by atoms with van der Waals surface area (Å²) >= 11 is 0. The predicted molar refractivity (Wildman–Crippen MR) is 118 cm³/mol. The maximum absolute atomic E-state index is 5.14. The van der Waals surface area contributed by atoms with Gasteiger partial charge in [0.15, 0.2) is 0 Å². The Kier molecular flexibility index (Phi) is 5.30. The smallest absolute Gasteiger partial charge is 0.0984 e.